The zero-order valence-corrected chi connectivity index (χ0v) is 25.2. The highest BCUT2D eigenvalue weighted by Gasteiger charge is 2.40. The normalized spacial score (nSPS) is 16.7. The molecule has 2 atom stereocenters. The number of rotatable bonds is 4. The largest absolute Gasteiger partial charge is 0.303 e. The zero-order valence-electron chi connectivity index (χ0n) is 25.2. The Hall–Kier alpha value is -6.34. The molecule has 222 valence electrons. The highest BCUT2D eigenvalue weighted by molar-refractivity contribution is 6.13. The number of anilines is 2. The van der Waals surface area contributed by atoms with Crippen molar-refractivity contribution >= 4 is 44.5 Å². The van der Waals surface area contributed by atoms with Gasteiger partial charge in [0.15, 0.2) is 11.6 Å². The van der Waals surface area contributed by atoms with E-state index in [2.05, 4.69) is 105 Å². The SMILES string of the molecule is C1=CC2C(C=C1)n1c(nc3cc4c(cc31)c1ccccc1n4-c1nc(-c3ccccc3)nc(-c3ccccc3)n1)N2c1ccccc1. The third kappa shape index (κ3) is 3.93. The molecule has 0 saturated heterocycles. The van der Waals surface area contributed by atoms with Gasteiger partial charge in [0.2, 0.25) is 11.9 Å². The average Bonchev–Trinajstić information content (AvgIpc) is 3.78. The molecule has 0 bridgehead atoms. The lowest BCUT2D eigenvalue weighted by Gasteiger charge is -2.26. The topological polar surface area (TPSA) is 64.7 Å². The summed E-state index contributed by atoms with van der Waals surface area (Å²) in [5.74, 6) is 2.77. The van der Waals surface area contributed by atoms with Crippen LogP contribution < -0.4 is 4.90 Å². The van der Waals surface area contributed by atoms with Gasteiger partial charge in [0.25, 0.3) is 0 Å². The van der Waals surface area contributed by atoms with Crippen molar-refractivity contribution < 1.29 is 0 Å². The highest BCUT2D eigenvalue weighted by atomic mass is 15.4. The fourth-order valence-corrected chi connectivity index (χ4v) is 7.19. The van der Waals surface area contributed by atoms with Gasteiger partial charge >= 0.3 is 0 Å². The van der Waals surface area contributed by atoms with E-state index < -0.39 is 0 Å². The average molecular weight is 606 g/mol. The van der Waals surface area contributed by atoms with Crippen LogP contribution >= 0.6 is 0 Å². The van der Waals surface area contributed by atoms with E-state index in [1.165, 1.54) is 0 Å². The minimum Gasteiger partial charge on any atom is -0.303 e. The van der Waals surface area contributed by atoms with Crippen molar-refractivity contribution in [1.29, 1.82) is 0 Å². The summed E-state index contributed by atoms with van der Waals surface area (Å²) >= 11 is 0. The van der Waals surface area contributed by atoms with Crippen LogP contribution in [0.1, 0.15) is 6.04 Å². The molecule has 8 aromatic rings. The van der Waals surface area contributed by atoms with Crippen LogP contribution in [-0.4, -0.2) is 35.1 Å². The minimum absolute atomic E-state index is 0.136. The first-order valence-corrected chi connectivity index (χ1v) is 15.8. The maximum absolute atomic E-state index is 5.32. The number of allylic oxidation sites excluding steroid dienone is 2. The van der Waals surface area contributed by atoms with E-state index in [9.17, 15) is 0 Å². The van der Waals surface area contributed by atoms with E-state index in [1.807, 2.05) is 60.7 Å². The summed E-state index contributed by atoms with van der Waals surface area (Å²) in [6, 6.07) is 44.0. The van der Waals surface area contributed by atoms with Gasteiger partial charge in [-0.05, 0) is 30.3 Å². The monoisotopic (exact) mass is 605 g/mol. The van der Waals surface area contributed by atoms with Crippen molar-refractivity contribution in [3.63, 3.8) is 0 Å². The Labute approximate surface area is 270 Å². The number of hydrogen-bond donors (Lipinski definition) is 0. The molecule has 7 heteroatoms. The molecule has 7 nitrogen and oxygen atoms in total. The third-order valence-electron chi connectivity index (χ3n) is 9.28. The molecule has 4 heterocycles. The van der Waals surface area contributed by atoms with Gasteiger partial charge in [0.1, 0.15) is 0 Å². The fraction of sp³-hybridized carbons (Fsp3) is 0.0500. The number of aromatic nitrogens is 6. The molecule has 0 amide bonds. The molecule has 2 aliphatic rings. The van der Waals surface area contributed by atoms with Crippen molar-refractivity contribution in [2.24, 2.45) is 0 Å². The number of benzene rings is 5. The number of hydrogen-bond acceptors (Lipinski definition) is 5. The van der Waals surface area contributed by atoms with Crippen molar-refractivity contribution in [3.05, 3.63) is 152 Å². The second-order valence-electron chi connectivity index (χ2n) is 12.0. The van der Waals surface area contributed by atoms with Crippen LogP contribution in [0.5, 0.6) is 0 Å². The van der Waals surface area contributed by atoms with Gasteiger partial charge in [0.05, 0.1) is 34.2 Å². The van der Waals surface area contributed by atoms with Crippen LogP contribution in [0.4, 0.5) is 11.6 Å². The maximum atomic E-state index is 5.32. The van der Waals surface area contributed by atoms with Crippen LogP contribution in [0.25, 0.3) is 61.6 Å². The lowest BCUT2D eigenvalue weighted by Crippen LogP contribution is -2.29. The van der Waals surface area contributed by atoms with Crippen LogP contribution in [-0.2, 0) is 0 Å². The lowest BCUT2D eigenvalue weighted by atomic mass is 10.0. The molecule has 3 aromatic heterocycles. The first kappa shape index (κ1) is 25.9. The Bertz CT molecular complexity index is 2470. The van der Waals surface area contributed by atoms with E-state index >= 15 is 0 Å². The predicted molar refractivity (Wildman–Crippen MR) is 188 cm³/mol. The number of fused-ring (bicyclic) bond motifs is 8. The summed E-state index contributed by atoms with van der Waals surface area (Å²) in [5, 5.41) is 2.26. The van der Waals surface area contributed by atoms with Crippen LogP contribution in [0.2, 0.25) is 0 Å². The molecule has 0 fully saturated rings. The van der Waals surface area contributed by atoms with Gasteiger partial charge in [-0.15, -0.1) is 0 Å². The second kappa shape index (κ2) is 10.1. The Balaban J connectivity index is 1.25. The third-order valence-corrected chi connectivity index (χ3v) is 9.28. The fourth-order valence-electron chi connectivity index (χ4n) is 7.19. The molecule has 0 saturated carbocycles. The summed E-state index contributed by atoms with van der Waals surface area (Å²) in [6.07, 6.45) is 8.84. The van der Waals surface area contributed by atoms with Gasteiger partial charge in [-0.3, -0.25) is 4.57 Å². The van der Waals surface area contributed by atoms with Gasteiger partial charge in [-0.2, -0.15) is 9.97 Å². The summed E-state index contributed by atoms with van der Waals surface area (Å²) in [7, 11) is 0. The minimum atomic E-state index is 0.136. The molecule has 0 spiro atoms. The van der Waals surface area contributed by atoms with Crippen LogP contribution in [0.15, 0.2) is 152 Å². The molecular weight excluding hydrogens is 578 g/mol. The smallest absolute Gasteiger partial charge is 0.238 e. The molecule has 0 N–H and O–H groups in total. The van der Waals surface area contributed by atoms with E-state index in [1.54, 1.807) is 0 Å². The number of imidazole rings is 1. The molecule has 2 unspecified atom stereocenters. The molecule has 5 aromatic carbocycles. The number of nitrogens with zero attached hydrogens (tertiary/aromatic N) is 7. The maximum Gasteiger partial charge on any atom is 0.238 e. The van der Waals surface area contributed by atoms with Gasteiger partial charge in [-0.25, -0.2) is 9.97 Å². The van der Waals surface area contributed by atoms with Crippen LogP contribution in [0, 0.1) is 0 Å². The molecule has 47 heavy (non-hydrogen) atoms. The summed E-state index contributed by atoms with van der Waals surface area (Å²) < 4.78 is 4.55. The van der Waals surface area contributed by atoms with Gasteiger partial charge in [0, 0.05) is 27.6 Å². The van der Waals surface area contributed by atoms with Crippen molar-refractivity contribution in [1.82, 2.24) is 29.1 Å². The van der Waals surface area contributed by atoms with Crippen molar-refractivity contribution in [2.75, 3.05) is 4.90 Å². The van der Waals surface area contributed by atoms with E-state index in [0.29, 0.717) is 17.6 Å². The summed E-state index contributed by atoms with van der Waals surface area (Å²) in [4.78, 5) is 22.8. The summed E-state index contributed by atoms with van der Waals surface area (Å²) in [6.45, 7) is 0. The predicted octanol–water partition coefficient (Wildman–Crippen LogP) is 8.84. The first-order chi connectivity index (χ1) is 23.3. The van der Waals surface area contributed by atoms with Crippen molar-refractivity contribution in [3.8, 4) is 28.7 Å². The molecular formula is C40H27N7. The van der Waals surface area contributed by atoms with Crippen LogP contribution in [0.3, 0.4) is 0 Å². The molecule has 1 aliphatic heterocycles. The Morgan fingerprint density at radius 3 is 1.81 bits per heavy atom. The Morgan fingerprint density at radius 1 is 0.489 bits per heavy atom. The molecule has 10 rings (SSSR count). The zero-order chi connectivity index (χ0) is 30.9. The lowest BCUT2D eigenvalue weighted by molar-refractivity contribution is 0.624. The van der Waals surface area contributed by atoms with Gasteiger partial charge < -0.3 is 9.47 Å². The molecule has 0 radical (unpaired) electrons. The van der Waals surface area contributed by atoms with E-state index in [0.717, 1.165) is 55.6 Å². The quantitative estimate of drug-likeness (QED) is 0.201. The highest BCUT2D eigenvalue weighted by Crippen LogP contribution is 2.46. The first-order valence-electron chi connectivity index (χ1n) is 15.8. The molecule has 1 aliphatic carbocycles. The Kier molecular flexibility index (Phi) is 5.57. The van der Waals surface area contributed by atoms with Gasteiger partial charge in [-0.1, -0.05) is 121 Å². The number of para-hydroxylation sites is 2. The van der Waals surface area contributed by atoms with Crippen molar-refractivity contribution in [2.45, 2.75) is 12.1 Å². The van der Waals surface area contributed by atoms with E-state index in [-0.39, 0.29) is 12.1 Å². The van der Waals surface area contributed by atoms with E-state index in [4.69, 9.17) is 19.9 Å². The second-order valence-corrected chi connectivity index (χ2v) is 12.0. The standard InChI is InChI=1S/C40H27N7/c1-4-14-26(15-5-1)37-42-38(27-16-6-2-7-17-27)44-39(43-37)46-32-21-11-10-20-29(32)30-24-36-31(25-35(30)46)41-40-45(28-18-8-3-9-19-28)33-22-12-13-23-34(33)47(36)40/h1-25,33-34H. The Morgan fingerprint density at radius 2 is 1.11 bits per heavy atom. The summed E-state index contributed by atoms with van der Waals surface area (Å²) in [5.41, 5.74) is 7.07.